The quantitative estimate of drug-likeness (QED) is 0.723. The molecule has 0 bridgehead atoms. The molecule has 3 fully saturated rings. The maximum Gasteiger partial charge on any atom is 0.155 e. The van der Waals surface area contributed by atoms with Gasteiger partial charge in [0.15, 0.2) is 5.78 Å². The van der Waals surface area contributed by atoms with E-state index in [1.165, 1.54) is 12.8 Å². The van der Waals surface area contributed by atoms with Crippen molar-refractivity contribution in [2.24, 2.45) is 28.6 Å². The van der Waals surface area contributed by atoms with Crippen molar-refractivity contribution in [3.63, 3.8) is 0 Å². The van der Waals surface area contributed by atoms with Crippen LogP contribution in [0.3, 0.4) is 0 Å². The van der Waals surface area contributed by atoms with Gasteiger partial charge in [-0.3, -0.25) is 4.79 Å². The van der Waals surface area contributed by atoms with Crippen LogP contribution in [0.5, 0.6) is 0 Å². The number of rotatable bonds is 0. The van der Waals surface area contributed by atoms with Crippen LogP contribution in [0.25, 0.3) is 0 Å². The molecule has 0 aromatic heterocycles. The Kier molecular flexibility index (Phi) is 3.16. The number of fused-ring (bicyclic) bond motifs is 5. The van der Waals surface area contributed by atoms with E-state index in [4.69, 9.17) is 0 Å². The van der Waals surface area contributed by atoms with Gasteiger partial charge in [0.2, 0.25) is 0 Å². The average Bonchev–Trinajstić information content (AvgIpc) is 2.77. The van der Waals surface area contributed by atoms with Gasteiger partial charge < -0.3 is 10.2 Å². The van der Waals surface area contributed by atoms with Gasteiger partial charge in [0, 0.05) is 6.42 Å². The second kappa shape index (κ2) is 4.67. The van der Waals surface area contributed by atoms with Crippen LogP contribution in [0.15, 0.2) is 11.6 Å². The van der Waals surface area contributed by atoms with E-state index in [0.29, 0.717) is 24.2 Å². The summed E-state index contributed by atoms with van der Waals surface area (Å²) in [5, 5.41) is 21.3. The van der Waals surface area contributed by atoms with Crippen LogP contribution in [-0.2, 0) is 4.79 Å². The fourth-order valence-electron chi connectivity index (χ4n) is 6.63. The highest BCUT2D eigenvalue weighted by Gasteiger charge is 2.60. The number of hydrogen-bond acceptors (Lipinski definition) is 3. The van der Waals surface area contributed by atoms with E-state index in [2.05, 4.69) is 13.8 Å². The Hall–Kier alpha value is -0.670. The van der Waals surface area contributed by atoms with Gasteiger partial charge in [-0.2, -0.15) is 0 Å². The minimum absolute atomic E-state index is 0.0418. The summed E-state index contributed by atoms with van der Waals surface area (Å²) in [5.41, 5.74) is 1.20. The normalized spacial score (nSPS) is 54.3. The molecule has 3 heteroatoms. The Morgan fingerprint density at radius 2 is 1.86 bits per heavy atom. The second-order valence-corrected chi connectivity index (χ2v) is 8.83. The highest BCUT2D eigenvalue weighted by Crippen LogP contribution is 2.65. The summed E-state index contributed by atoms with van der Waals surface area (Å²) in [7, 11) is 0. The van der Waals surface area contributed by atoms with Gasteiger partial charge in [-0.25, -0.2) is 0 Å². The topological polar surface area (TPSA) is 57.5 Å². The van der Waals surface area contributed by atoms with E-state index in [1.54, 1.807) is 6.08 Å². The second-order valence-electron chi connectivity index (χ2n) is 8.83. The van der Waals surface area contributed by atoms with E-state index in [0.717, 1.165) is 31.3 Å². The molecule has 0 aromatic carbocycles. The molecule has 22 heavy (non-hydrogen) atoms. The third-order valence-electron chi connectivity index (χ3n) is 7.77. The molecule has 122 valence electrons. The predicted molar refractivity (Wildman–Crippen MR) is 84.1 cm³/mol. The largest absolute Gasteiger partial charge is 0.393 e. The lowest BCUT2D eigenvalue weighted by molar-refractivity contribution is -0.121. The van der Waals surface area contributed by atoms with Gasteiger partial charge >= 0.3 is 0 Å². The third-order valence-corrected chi connectivity index (χ3v) is 7.77. The Morgan fingerprint density at radius 3 is 2.64 bits per heavy atom. The number of ketones is 1. The first-order valence-electron chi connectivity index (χ1n) is 8.96. The molecule has 4 aliphatic rings. The van der Waals surface area contributed by atoms with Crippen molar-refractivity contribution in [1.29, 1.82) is 0 Å². The lowest BCUT2D eigenvalue weighted by atomic mass is 9.47. The Bertz CT molecular complexity index is 539. The first kappa shape index (κ1) is 14.9. The maximum absolute atomic E-state index is 11.8. The van der Waals surface area contributed by atoms with Crippen molar-refractivity contribution in [2.75, 3.05) is 0 Å². The van der Waals surface area contributed by atoms with Crippen molar-refractivity contribution in [1.82, 2.24) is 0 Å². The molecule has 0 aliphatic heterocycles. The van der Waals surface area contributed by atoms with Gasteiger partial charge in [0.1, 0.15) is 0 Å². The molecule has 0 heterocycles. The molecule has 7 atom stereocenters. The molecule has 0 radical (unpaired) electrons. The highest BCUT2D eigenvalue weighted by atomic mass is 16.3. The summed E-state index contributed by atoms with van der Waals surface area (Å²) in [6.45, 7) is 4.60. The molecule has 3 saturated carbocycles. The zero-order valence-electron chi connectivity index (χ0n) is 13.7. The standard InChI is InChI=1S/C19H28O3/c1-18-6-4-13-12(17(18)15(21)5-7-18)10-16(22)14-9-11(20)3-8-19(13,14)2/h9,12-13,15-17,21-22H,3-8,10H2,1-2H3/t12-,13+,15+,16+,17-,18-,19-/m1/s1. The minimum Gasteiger partial charge on any atom is -0.393 e. The minimum atomic E-state index is -0.495. The molecule has 0 aromatic rings. The molecule has 0 spiro atoms. The highest BCUT2D eigenvalue weighted by molar-refractivity contribution is 5.91. The molecular weight excluding hydrogens is 276 g/mol. The molecule has 4 aliphatic carbocycles. The Balaban J connectivity index is 1.75. The molecular formula is C19H28O3. The van der Waals surface area contributed by atoms with Crippen LogP contribution < -0.4 is 0 Å². The van der Waals surface area contributed by atoms with Crippen LogP contribution in [0.4, 0.5) is 0 Å². The summed E-state index contributed by atoms with van der Waals surface area (Å²) in [5.74, 6) is 1.42. The summed E-state index contributed by atoms with van der Waals surface area (Å²) < 4.78 is 0. The number of aliphatic hydroxyl groups is 2. The monoisotopic (exact) mass is 304 g/mol. The summed E-state index contributed by atoms with van der Waals surface area (Å²) in [6, 6.07) is 0. The molecule has 2 N–H and O–H groups in total. The van der Waals surface area contributed by atoms with E-state index < -0.39 is 6.10 Å². The van der Waals surface area contributed by atoms with Crippen LogP contribution in [0, 0.1) is 28.6 Å². The van der Waals surface area contributed by atoms with Crippen LogP contribution in [-0.4, -0.2) is 28.2 Å². The van der Waals surface area contributed by atoms with E-state index in [9.17, 15) is 15.0 Å². The van der Waals surface area contributed by atoms with Gasteiger partial charge in [0.25, 0.3) is 0 Å². The number of hydrogen-bond donors (Lipinski definition) is 2. The Labute approximate surface area is 132 Å². The van der Waals surface area contributed by atoms with Gasteiger partial charge in [-0.05, 0) is 78.8 Å². The molecule has 0 saturated heterocycles. The van der Waals surface area contributed by atoms with E-state index in [1.807, 2.05) is 0 Å². The lowest BCUT2D eigenvalue weighted by Crippen LogP contribution is -2.54. The van der Waals surface area contributed by atoms with Crippen LogP contribution in [0.2, 0.25) is 0 Å². The third kappa shape index (κ3) is 1.85. The van der Waals surface area contributed by atoms with Gasteiger partial charge in [-0.15, -0.1) is 0 Å². The van der Waals surface area contributed by atoms with E-state index in [-0.39, 0.29) is 22.7 Å². The van der Waals surface area contributed by atoms with Crippen molar-refractivity contribution in [3.8, 4) is 0 Å². The number of aliphatic hydroxyl groups excluding tert-OH is 2. The van der Waals surface area contributed by atoms with Crippen LogP contribution >= 0.6 is 0 Å². The Morgan fingerprint density at radius 1 is 1.14 bits per heavy atom. The predicted octanol–water partition coefficient (Wildman–Crippen LogP) is 2.85. The average molecular weight is 304 g/mol. The van der Waals surface area contributed by atoms with Crippen molar-refractivity contribution in [2.45, 2.75) is 71.0 Å². The zero-order chi connectivity index (χ0) is 15.7. The number of carbonyl (C=O) groups excluding carboxylic acids is 1. The first-order chi connectivity index (χ1) is 10.3. The van der Waals surface area contributed by atoms with E-state index >= 15 is 0 Å². The fourth-order valence-corrected chi connectivity index (χ4v) is 6.63. The van der Waals surface area contributed by atoms with Crippen molar-refractivity contribution >= 4 is 5.78 Å². The van der Waals surface area contributed by atoms with Crippen molar-refractivity contribution in [3.05, 3.63) is 11.6 Å². The fraction of sp³-hybridized carbons (Fsp3) is 0.842. The van der Waals surface area contributed by atoms with Gasteiger partial charge in [0.05, 0.1) is 12.2 Å². The summed E-state index contributed by atoms with van der Waals surface area (Å²) >= 11 is 0. The number of carbonyl (C=O) groups is 1. The maximum atomic E-state index is 11.8. The van der Waals surface area contributed by atoms with Crippen LogP contribution in [0.1, 0.15) is 58.8 Å². The molecule has 3 nitrogen and oxygen atoms in total. The zero-order valence-corrected chi connectivity index (χ0v) is 13.7. The summed E-state index contributed by atoms with van der Waals surface area (Å²) in [6.07, 6.45) is 7.65. The molecule has 0 amide bonds. The molecule has 4 rings (SSSR count). The van der Waals surface area contributed by atoms with Crippen molar-refractivity contribution < 1.29 is 15.0 Å². The smallest absolute Gasteiger partial charge is 0.155 e. The lowest BCUT2D eigenvalue weighted by Gasteiger charge is -2.58. The summed E-state index contributed by atoms with van der Waals surface area (Å²) in [4.78, 5) is 11.8. The molecule has 0 unspecified atom stereocenters. The van der Waals surface area contributed by atoms with Gasteiger partial charge in [-0.1, -0.05) is 13.8 Å². The first-order valence-corrected chi connectivity index (χ1v) is 8.96. The SMILES string of the molecule is C[C@@]12CC[C@H](O)[C@H]1[C@@H]1C[C@H](O)C3=CC(=O)CC[C@]3(C)[C@H]1CC2.